The van der Waals surface area contributed by atoms with Crippen LogP contribution in [0, 0.1) is 11.8 Å². The van der Waals surface area contributed by atoms with E-state index in [1.807, 2.05) is 0 Å². The van der Waals surface area contributed by atoms with Crippen LogP contribution in [-0.2, 0) is 11.8 Å². The minimum atomic E-state index is -4.65. The molecule has 116 valence electrons. The van der Waals surface area contributed by atoms with Crippen molar-refractivity contribution in [1.82, 2.24) is 9.47 Å². The third-order valence-corrected chi connectivity index (χ3v) is 3.97. The van der Waals surface area contributed by atoms with E-state index < -0.39 is 43.0 Å². The van der Waals surface area contributed by atoms with Gasteiger partial charge in [0.2, 0.25) is 0 Å². The predicted molar refractivity (Wildman–Crippen MR) is 69.7 cm³/mol. The van der Waals surface area contributed by atoms with E-state index in [1.54, 1.807) is 13.2 Å². The number of aliphatic carboxylic acids is 1. The van der Waals surface area contributed by atoms with Gasteiger partial charge in [-0.1, -0.05) is 0 Å². The number of nitrogens with zero attached hydrogens (tertiary/aromatic N) is 2. The summed E-state index contributed by atoms with van der Waals surface area (Å²) in [7, 11) is 1.59. The molecule has 2 atom stereocenters. The van der Waals surface area contributed by atoms with Gasteiger partial charge in [-0.25, -0.2) is 0 Å². The highest BCUT2D eigenvalue weighted by Crippen LogP contribution is 2.38. The molecule has 0 bridgehead atoms. The SMILES string of the molecule is Cn1cc(Br)cc1C(=O)N1C[C@@H](C(F)(F)F)[C@H](C(=O)O)C1. The van der Waals surface area contributed by atoms with Crippen LogP contribution in [0.1, 0.15) is 10.5 Å². The number of rotatable bonds is 2. The molecular formula is C12H12BrF3N2O3. The standard InChI is InChI=1S/C12H12BrF3N2O3/c1-17-3-6(13)2-9(17)10(19)18-4-7(11(20)21)8(5-18)12(14,15)16/h2-3,7-8H,4-5H2,1H3,(H,20,21)/t7-,8-/m1/s1. The summed E-state index contributed by atoms with van der Waals surface area (Å²) in [4.78, 5) is 24.2. The number of carboxylic acids is 1. The number of aryl methyl sites for hydroxylation is 1. The highest BCUT2D eigenvalue weighted by atomic mass is 79.9. The van der Waals surface area contributed by atoms with E-state index in [9.17, 15) is 22.8 Å². The molecule has 1 aromatic heterocycles. The van der Waals surface area contributed by atoms with Gasteiger partial charge in [0.25, 0.3) is 5.91 Å². The van der Waals surface area contributed by atoms with Gasteiger partial charge in [0, 0.05) is 30.8 Å². The molecule has 0 aliphatic carbocycles. The minimum Gasteiger partial charge on any atom is -0.481 e. The molecule has 1 aromatic rings. The summed E-state index contributed by atoms with van der Waals surface area (Å²) in [5, 5.41) is 8.93. The van der Waals surface area contributed by atoms with E-state index in [4.69, 9.17) is 5.11 Å². The molecule has 1 saturated heterocycles. The van der Waals surface area contributed by atoms with Crippen molar-refractivity contribution in [3.05, 3.63) is 22.4 Å². The van der Waals surface area contributed by atoms with Crippen molar-refractivity contribution in [3.63, 3.8) is 0 Å². The normalized spacial score (nSPS) is 22.6. The predicted octanol–water partition coefficient (Wildman–Crippen LogP) is 2.12. The number of carbonyl (C=O) groups is 2. The first kappa shape index (κ1) is 15.9. The Morgan fingerprint density at radius 2 is 2.00 bits per heavy atom. The molecule has 1 N–H and O–H groups in total. The molecule has 1 aliphatic heterocycles. The van der Waals surface area contributed by atoms with E-state index >= 15 is 0 Å². The first-order valence-corrected chi connectivity index (χ1v) is 6.81. The first-order valence-electron chi connectivity index (χ1n) is 6.02. The van der Waals surface area contributed by atoms with Crippen LogP contribution in [-0.4, -0.2) is 45.7 Å². The second-order valence-electron chi connectivity index (χ2n) is 4.96. The Kier molecular flexibility index (Phi) is 4.05. The molecule has 0 unspecified atom stereocenters. The van der Waals surface area contributed by atoms with Crippen LogP contribution >= 0.6 is 15.9 Å². The second-order valence-corrected chi connectivity index (χ2v) is 5.87. The summed E-state index contributed by atoms with van der Waals surface area (Å²) >= 11 is 3.17. The van der Waals surface area contributed by atoms with E-state index in [0.29, 0.717) is 4.47 Å². The lowest BCUT2D eigenvalue weighted by atomic mass is 9.96. The molecule has 0 aromatic carbocycles. The highest BCUT2D eigenvalue weighted by molar-refractivity contribution is 9.10. The lowest BCUT2D eigenvalue weighted by Crippen LogP contribution is -2.34. The van der Waals surface area contributed by atoms with E-state index in [2.05, 4.69) is 15.9 Å². The average molecular weight is 369 g/mol. The summed E-state index contributed by atoms with van der Waals surface area (Å²) in [6.45, 7) is -1.08. The van der Waals surface area contributed by atoms with Crippen molar-refractivity contribution < 1.29 is 27.9 Å². The Labute approximate surface area is 126 Å². The topological polar surface area (TPSA) is 62.5 Å². The quantitative estimate of drug-likeness (QED) is 0.869. The van der Waals surface area contributed by atoms with E-state index in [-0.39, 0.29) is 5.69 Å². The third kappa shape index (κ3) is 3.07. The number of aromatic nitrogens is 1. The number of hydrogen-bond donors (Lipinski definition) is 1. The third-order valence-electron chi connectivity index (χ3n) is 3.54. The van der Waals surface area contributed by atoms with Crippen molar-refractivity contribution in [2.75, 3.05) is 13.1 Å². The number of carbonyl (C=O) groups excluding carboxylic acids is 1. The zero-order chi connectivity index (χ0) is 15.9. The fourth-order valence-electron chi connectivity index (χ4n) is 2.45. The van der Waals surface area contributed by atoms with E-state index in [1.165, 1.54) is 10.6 Å². The molecule has 0 saturated carbocycles. The number of amides is 1. The lowest BCUT2D eigenvalue weighted by Gasteiger charge is -2.18. The van der Waals surface area contributed by atoms with Crippen molar-refractivity contribution in [3.8, 4) is 0 Å². The van der Waals surface area contributed by atoms with Gasteiger partial charge in [-0.05, 0) is 22.0 Å². The van der Waals surface area contributed by atoms with Crippen LogP contribution in [0.15, 0.2) is 16.7 Å². The monoisotopic (exact) mass is 368 g/mol. The van der Waals surface area contributed by atoms with Crippen LogP contribution in [0.3, 0.4) is 0 Å². The van der Waals surface area contributed by atoms with Crippen LogP contribution in [0.5, 0.6) is 0 Å². The van der Waals surface area contributed by atoms with Gasteiger partial charge in [-0.3, -0.25) is 9.59 Å². The van der Waals surface area contributed by atoms with Gasteiger partial charge in [-0.2, -0.15) is 13.2 Å². The molecule has 9 heteroatoms. The molecule has 1 amide bonds. The summed E-state index contributed by atoms with van der Waals surface area (Å²) in [5.41, 5.74) is 0.203. The Morgan fingerprint density at radius 3 is 2.38 bits per heavy atom. The summed E-state index contributed by atoms with van der Waals surface area (Å²) in [6.07, 6.45) is -3.05. The molecule has 2 heterocycles. The van der Waals surface area contributed by atoms with Crippen molar-refractivity contribution in [2.45, 2.75) is 6.18 Å². The van der Waals surface area contributed by atoms with Gasteiger partial charge in [0.05, 0.1) is 11.8 Å². The maximum absolute atomic E-state index is 12.9. The molecule has 0 radical (unpaired) electrons. The Bertz CT molecular complexity index is 585. The van der Waals surface area contributed by atoms with Gasteiger partial charge < -0.3 is 14.6 Å². The number of hydrogen-bond acceptors (Lipinski definition) is 2. The maximum Gasteiger partial charge on any atom is 0.394 e. The number of likely N-dealkylation sites (tertiary alicyclic amines) is 1. The van der Waals surface area contributed by atoms with Crippen molar-refractivity contribution in [1.29, 1.82) is 0 Å². The fourth-order valence-corrected chi connectivity index (χ4v) is 2.97. The van der Waals surface area contributed by atoms with Gasteiger partial charge in [0.15, 0.2) is 0 Å². The van der Waals surface area contributed by atoms with Gasteiger partial charge in [0.1, 0.15) is 5.69 Å². The molecular weight excluding hydrogens is 357 g/mol. The van der Waals surface area contributed by atoms with Crippen molar-refractivity contribution >= 4 is 27.8 Å². The zero-order valence-electron chi connectivity index (χ0n) is 10.9. The fraction of sp³-hybridized carbons (Fsp3) is 0.500. The molecule has 1 aliphatic rings. The zero-order valence-corrected chi connectivity index (χ0v) is 12.5. The van der Waals surface area contributed by atoms with Gasteiger partial charge in [-0.15, -0.1) is 0 Å². The van der Waals surface area contributed by atoms with Crippen molar-refractivity contribution in [2.24, 2.45) is 18.9 Å². The minimum absolute atomic E-state index is 0.203. The molecule has 2 rings (SSSR count). The molecule has 1 fully saturated rings. The molecule has 5 nitrogen and oxygen atoms in total. The summed E-state index contributed by atoms with van der Waals surface area (Å²) in [6, 6.07) is 1.49. The van der Waals surface area contributed by atoms with Crippen LogP contribution in [0.25, 0.3) is 0 Å². The van der Waals surface area contributed by atoms with Crippen LogP contribution < -0.4 is 0 Å². The number of carboxylic acid groups (broad SMARTS) is 1. The van der Waals surface area contributed by atoms with Gasteiger partial charge >= 0.3 is 12.1 Å². The lowest BCUT2D eigenvalue weighted by molar-refractivity contribution is -0.187. The largest absolute Gasteiger partial charge is 0.481 e. The Balaban J connectivity index is 2.25. The number of alkyl halides is 3. The number of halogens is 4. The molecule has 21 heavy (non-hydrogen) atoms. The summed E-state index contributed by atoms with van der Waals surface area (Å²) in [5.74, 6) is -5.82. The van der Waals surface area contributed by atoms with Crippen LogP contribution in [0.2, 0.25) is 0 Å². The first-order chi connectivity index (χ1) is 9.61. The Morgan fingerprint density at radius 1 is 1.38 bits per heavy atom. The molecule has 0 spiro atoms. The van der Waals surface area contributed by atoms with E-state index in [0.717, 1.165) is 4.90 Å². The summed E-state index contributed by atoms with van der Waals surface area (Å²) < 4.78 is 40.7. The Hall–Kier alpha value is -1.51. The average Bonchev–Trinajstić information content (AvgIpc) is 2.91. The second kappa shape index (κ2) is 5.36. The smallest absolute Gasteiger partial charge is 0.394 e. The highest BCUT2D eigenvalue weighted by Gasteiger charge is 2.53. The maximum atomic E-state index is 12.9. The van der Waals surface area contributed by atoms with Crippen LogP contribution in [0.4, 0.5) is 13.2 Å².